The van der Waals surface area contributed by atoms with E-state index in [1.807, 2.05) is 0 Å². The second kappa shape index (κ2) is 7.83. The summed E-state index contributed by atoms with van der Waals surface area (Å²) in [5.41, 5.74) is 1.50. The maximum atomic E-state index is 11.4. The summed E-state index contributed by atoms with van der Waals surface area (Å²) >= 11 is 9.47. The number of carbonyl (C=O) groups excluding carboxylic acids is 1. The molecule has 1 aromatic carbocycles. The van der Waals surface area contributed by atoms with Gasteiger partial charge in [-0.2, -0.15) is 5.10 Å². The predicted octanol–water partition coefficient (Wildman–Crippen LogP) is 2.76. The lowest BCUT2D eigenvalue weighted by Crippen LogP contribution is -2.21. The highest BCUT2D eigenvalue weighted by Gasteiger charge is 2.25. The number of H-pyrrole nitrogens is 1. The molecule has 0 fully saturated rings. The molecule has 0 saturated carbocycles. The summed E-state index contributed by atoms with van der Waals surface area (Å²) in [5.74, 6) is -4.09. The number of nitrogens with one attached hydrogen (secondary N) is 1. The first-order valence-corrected chi connectivity index (χ1v) is 8.29. The van der Waals surface area contributed by atoms with Gasteiger partial charge >= 0.3 is 17.9 Å². The SMILES string of the molecule is CC(=O)OCc1c(C[C@@H](CC(=O)O)C(=O)O)cc(Br)c2n[nH]c(Cl)c12. The Morgan fingerprint density at radius 1 is 1.40 bits per heavy atom. The molecule has 1 aromatic heterocycles. The van der Waals surface area contributed by atoms with Crippen molar-refractivity contribution in [3.63, 3.8) is 0 Å². The van der Waals surface area contributed by atoms with Crippen LogP contribution in [0.3, 0.4) is 0 Å². The molecule has 25 heavy (non-hydrogen) atoms. The Kier molecular flexibility index (Phi) is 6.02. The first kappa shape index (κ1) is 19.2. The van der Waals surface area contributed by atoms with E-state index in [9.17, 15) is 19.5 Å². The van der Waals surface area contributed by atoms with Crippen LogP contribution in [-0.4, -0.2) is 38.3 Å². The van der Waals surface area contributed by atoms with Gasteiger partial charge in [0.1, 0.15) is 17.3 Å². The fourth-order valence-corrected chi connectivity index (χ4v) is 3.29. The van der Waals surface area contributed by atoms with Crippen molar-refractivity contribution in [3.8, 4) is 0 Å². The van der Waals surface area contributed by atoms with Gasteiger partial charge < -0.3 is 14.9 Å². The van der Waals surface area contributed by atoms with E-state index in [-0.39, 0.29) is 18.2 Å². The van der Waals surface area contributed by atoms with Crippen LogP contribution in [0.15, 0.2) is 10.5 Å². The number of fused-ring (bicyclic) bond motifs is 1. The predicted molar refractivity (Wildman–Crippen MR) is 91.4 cm³/mol. The number of aliphatic carboxylic acids is 2. The molecular formula is C15H14BrClN2O6. The van der Waals surface area contributed by atoms with E-state index in [0.717, 1.165) is 0 Å². The summed E-state index contributed by atoms with van der Waals surface area (Å²) < 4.78 is 5.61. The number of hydrogen-bond acceptors (Lipinski definition) is 5. The number of aromatic nitrogens is 2. The summed E-state index contributed by atoms with van der Waals surface area (Å²) in [5, 5.41) is 25.6. The molecule has 3 N–H and O–H groups in total. The Balaban J connectivity index is 2.54. The second-order valence-electron chi connectivity index (χ2n) is 5.37. The van der Waals surface area contributed by atoms with E-state index >= 15 is 0 Å². The van der Waals surface area contributed by atoms with Gasteiger partial charge in [0.2, 0.25) is 0 Å². The minimum absolute atomic E-state index is 0.0612. The first-order valence-electron chi connectivity index (χ1n) is 7.12. The molecule has 0 aliphatic heterocycles. The second-order valence-corrected chi connectivity index (χ2v) is 6.61. The average Bonchev–Trinajstić information content (AvgIpc) is 2.88. The number of benzene rings is 1. The van der Waals surface area contributed by atoms with Crippen molar-refractivity contribution in [1.82, 2.24) is 10.2 Å². The Labute approximate surface area is 155 Å². The first-order chi connectivity index (χ1) is 11.7. The van der Waals surface area contributed by atoms with Crippen LogP contribution in [-0.2, 0) is 32.1 Å². The molecule has 2 rings (SSSR count). The summed E-state index contributed by atoms with van der Waals surface area (Å²) in [4.78, 5) is 33.5. The summed E-state index contributed by atoms with van der Waals surface area (Å²) in [6, 6.07) is 1.64. The van der Waals surface area contributed by atoms with Crippen molar-refractivity contribution in [2.45, 2.75) is 26.4 Å². The minimum Gasteiger partial charge on any atom is -0.481 e. The average molecular weight is 434 g/mol. The van der Waals surface area contributed by atoms with E-state index in [4.69, 9.17) is 21.4 Å². The van der Waals surface area contributed by atoms with Crippen molar-refractivity contribution in [1.29, 1.82) is 0 Å². The number of aromatic amines is 1. The molecule has 0 radical (unpaired) electrons. The lowest BCUT2D eigenvalue weighted by atomic mass is 9.92. The van der Waals surface area contributed by atoms with E-state index in [1.54, 1.807) is 6.07 Å². The Bertz CT molecular complexity index is 850. The van der Waals surface area contributed by atoms with Crippen LogP contribution in [0.2, 0.25) is 5.15 Å². The van der Waals surface area contributed by atoms with E-state index in [2.05, 4.69) is 26.1 Å². The highest BCUT2D eigenvalue weighted by molar-refractivity contribution is 9.10. The standard InChI is InChI=1S/C15H14BrClN2O6/c1-6(20)25-5-9-7(2-8(15(23)24)4-11(21)22)3-10(16)13-12(9)14(17)19-18-13/h3,8H,2,4-5H2,1H3,(H,18,19)(H,21,22)(H,23,24)/t8-/m0/s1. The number of esters is 1. The monoisotopic (exact) mass is 432 g/mol. The van der Waals surface area contributed by atoms with Crippen LogP contribution in [0.5, 0.6) is 0 Å². The van der Waals surface area contributed by atoms with Crippen molar-refractivity contribution < 1.29 is 29.3 Å². The zero-order chi connectivity index (χ0) is 18.7. The molecule has 0 spiro atoms. The molecule has 2 aromatic rings. The quantitative estimate of drug-likeness (QED) is 0.572. The van der Waals surface area contributed by atoms with Gasteiger partial charge in [-0.05, 0) is 34.0 Å². The van der Waals surface area contributed by atoms with E-state index in [0.29, 0.717) is 26.5 Å². The van der Waals surface area contributed by atoms with E-state index in [1.165, 1.54) is 6.92 Å². The number of carboxylic acids is 2. The summed E-state index contributed by atoms with van der Waals surface area (Å²) in [6.45, 7) is 1.12. The third-order valence-electron chi connectivity index (χ3n) is 3.60. The van der Waals surface area contributed by atoms with Crippen LogP contribution in [0.4, 0.5) is 0 Å². The third kappa shape index (κ3) is 4.49. The Morgan fingerprint density at radius 2 is 2.08 bits per heavy atom. The zero-order valence-corrected chi connectivity index (χ0v) is 15.3. The van der Waals surface area contributed by atoms with Crippen molar-refractivity contribution in [3.05, 3.63) is 26.8 Å². The lowest BCUT2D eigenvalue weighted by Gasteiger charge is -2.16. The van der Waals surface area contributed by atoms with Crippen LogP contribution in [0.1, 0.15) is 24.5 Å². The molecule has 1 heterocycles. The molecule has 0 amide bonds. The number of nitrogens with zero attached hydrogens (tertiary/aromatic N) is 1. The zero-order valence-electron chi connectivity index (χ0n) is 13.0. The van der Waals surface area contributed by atoms with Gasteiger partial charge in [0.25, 0.3) is 0 Å². The number of carbonyl (C=O) groups is 3. The highest BCUT2D eigenvalue weighted by atomic mass is 79.9. The minimum atomic E-state index is -1.23. The number of halogens is 2. The fraction of sp³-hybridized carbons (Fsp3) is 0.333. The summed E-state index contributed by atoms with van der Waals surface area (Å²) in [7, 11) is 0. The van der Waals surface area contributed by atoms with Gasteiger partial charge in [0, 0.05) is 22.3 Å². The topological polar surface area (TPSA) is 130 Å². The van der Waals surface area contributed by atoms with Crippen molar-refractivity contribution >= 4 is 56.3 Å². The van der Waals surface area contributed by atoms with Gasteiger partial charge in [-0.3, -0.25) is 19.5 Å². The molecular weight excluding hydrogens is 420 g/mol. The van der Waals surface area contributed by atoms with Crippen molar-refractivity contribution in [2.24, 2.45) is 5.92 Å². The largest absolute Gasteiger partial charge is 0.481 e. The van der Waals surface area contributed by atoms with Gasteiger partial charge in [-0.25, -0.2) is 0 Å². The number of ether oxygens (including phenoxy) is 1. The van der Waals surface area contributed by atoms with Gasteiger partial charge in [0.05, 0.1) is 12.3 Å². The van der Waals surface area contributed by atoms with Gasteiger partial charge in [-0.15, -0.1) is 0 Å². The molecule has 8 nitrogen and oxygen atoms in total. The van der Waals surface area contributed by atoms with Crippen LogP contribution < -0.4 is 0 Å². The van der Waals surface area contributed by atoms with Crippen LogP contribution >= 0.6 is 27.5 Å². The van der Waals surface area contributed by atoms with Gasteiger partial charge in [-0.1, -0.05) is 11.6 Å². The molecule has 134 valence electrons. The molecule has 0 bridgehead atoms. The molecule has 0 saturated heterocycles. The van der Waals surface area contributed by atoms with Gasteiger partial charge in [0.15, 0.2) is 0 Å². The highest BCUT2D eigenvalue weighted by Crippen LogP contribution is 2.35. The lowest BCUT2D eigenvalue weighted by molar-refractivity contribution is -0.148. The number of rotatable bonds is 7. The summed E-state index contributed by atoms with van der Waals surface area (Å²) in [6.07, 6.45) is -0.592. The normalized spacial score (nSPS) is 12.1. The molecule has 1 atom stereocenters. The molecule has 0 unspecified atom stereocenters. The Hall–Kier alpha value is -2.13. The van der Waals surface area contributed by atoms with E-state index < -0.39 is 30.2 Å². The van der Waals surface area contributed by atoms with Crippen LogP contribution in [0.25, 0.3) is 10.9 Å². The third-order valence-corrected chi connectivity index (χ3v) is 4.47. The molecule has 0 aliphatic rings. The maximum absolute atomic E-state index is 11.4. The number of hydrogen-bond donors (Lipinski definition) is 3. The smallest absolute Gasteiger partial charge is 0.307 e. The molecule has 10 heteroatoms. The van der Waals surface area contributed by atoms with Crippen molar-refractivity contribution in [2.75, 3.05) is 0 Å². The Morgan fingerprint density at radius 3 is 2.64 bits per heavy atom. The number of carboxylic acid groups (broad SMARTS) is 2. The molecule has 0 aliphatic carbocycles. The fourth-order valence-electron chi connectivity index (χ4n) is 2.48. The maximum Gasteiger partial charge on any atom is 0.307 e. The van der Waals surface area contributed by atoms with Crippen LogP contribution in [0, 0.1) is 5.92 Å².